The molecular formula is C20H26N6O2. The summed E-state index contributed by atoms with van der Waals surface area (Å²) in [5, 5.41) is 8.38. The zero-order valence-electron chi connectivity index (χ0n) is 16.0. The Balaban J connectivity index is 1.48. The van der Waals surface area contributed by atoms with Crippen molar-refractivity contribution >= 4 is 23.6 Å². The minimum Gasteiger partial charge on any atom is -0.359 e. The van der Waals surface area contributed by atoms with Crippen molar-refractivity contribution in [3.8, 4) is 0 Å². The molecule has 1 unspecified atom stereocenters. The number of likely N-dealkylation sites (N-methyl/N-ethyl adjacent to an activating group) is 1. The van der Waals surface area contributed by atoms with E-state index in [2.05, 4.69) is 30.8 Å². The first-order valence-corrected chi connectivity index (χ1v) is 9.50. The van der Waals surface area contributed by atoms with Crippen LogP contribution in [0.2, 0.25) is 0 Å². The summed E-state index contributed by atoms with van der Waals surface area (Å²) in [4.78, 5) is 34.5. The summed E-state index contributed by atoms with van der Waals surface area (Å²) in [6.45, 7) is 2.35. The smallest absolute Gasteiger partial charge is 0.319 e. The molecule has 28 heavy (non-hydrogen) atoms. The van der Waals surface area contributed by atoms with E-state index in [-0.39, 0.29) is 18.4 Å². The van der Waals surface area contributed by atoms with Crippen LogP contribution in [0.25, 0.3) is 0 Å². The van der Waals surface area contributed by atoms with Gasteiger partial charge in [-0.1, -0.05) is 12.1 Å². The molecule has 8 nitrogen and oxygen atoms in total. The second-order valence-corrected chi connectivity index (χ2v) is 6.89. The first-order valence-electron chi connectivity index (χ1n) is 9.50. The Morgan fingerprint density at radius 2 is 2.04 bits per heavy atom. The lowest BCUT2D eigenvalue weighted by Gasteiger charge is -2.32. The Kier molecular flexibility index (Phi) is 6.78. The van der Waals surface area contributed by atoms with Crippen LogP contribution in [0.5, 0.6) is 0 Å². The van der Waals surface area contributed by atoms with Gasteiger partial charge in [0.2, 0.25) is 11.9 Å². The van der Waals surface area contributed by atoms with E-state index in [1.165, 1.54) is 0 Å². The molecule has 0 bridgehead atoms. The minimum absolute atomic E-state index is 0.0640. The summed E-state index contributed by atoms with van der Waals surface area (Å²) in [5.41, 5.74) is 1.52. The maximum Gasteiger partial charge on any atom is 0.319 e. The number of nitrogens with zero attached hydrogens (tertiary/aromatic N) is 3. The molecule has 3 amide bonds. The summed E-state index contributed by atoms with van der Waals surface area (Å²) >= 11 is 0. The highest BCUT2D eigenvalue weighted by Gasteiger charge is 2.22. The van der Waals surface area contributed by atoms with E-state index in [0.29, 0.717) is 18.2 Å². The first-order chi connectivity index (χ1) is 13.6. The number of carbonyl (C=O) groups excluding carboxylic acids is 2. The average Bonchev–Trinajstić information content (AvgIpc) is 2.73. The van der Waals surface area contributed by atoms with E-state index in [0.717, 1.165) is 37.4 Å². The van der Waals surface area contributed by atoms with Gasteiger partial charge in [-0.05, 0) is 42.5 Å². The van der Waals surface area contributed by atoms with Gasteiger partial charge < -0.3 is 20.9 Å². The number of anilines is 2. The van der Waals surface area contributed by atoms with Crippen molar-refractivity contribution in [2.45, 2.75) is 19.3 Å². The Morgan fingerprint density at radius 1 is 1.21 bits per heavy atom. The van der Waals surface area contributed by atoms with E-state index in [4.69, 9.17) is 0 Å². The number of hydrogen-bond donors (Lipinski definition) is 3. The SMILES string of the molecule is CNC(=O)Cc1cccc(NC(=O)NCC2CCCN(c3ncccn3)C2)c1. The third kappa shape index (κ3) is 5.67. The number of nitrogens with one attached hydrogen (secondary N) is 3. The molecule has 0 spiro atoms. The third-order valence-electron chi connectivity index (χ3n) is 4.73. The van der Waals surface area contributed by atoms with Gasteiger partial charge >= 0.3 is 6.03 Å². The molecule has 1 aliphatic rings. The van der Waals surface area contributed by atoms with Crippen LogP contribution in [0.4, 0.5) is 16.4 Å². The van der Waals surface area contributed by atoms with Crippen molar-refractivity contribution in [2.24, 2.45) is 5.92 Å². The highest BCUT2D eigenvalue weighted by Crippen LogP contribution is 2.19. The van der Waals surface area contributed by atoms with Gasteiger partial charge in [0.15, 0.2) is 0 Å². The lowest BCUT2D eigenvalue weighted by molar-refractivity contribution is -0.119. The number of carbonyl (C=O) groups is 2. The van der Waals surface area contributed by atoms with E-state index >= 15 is 0 Å². The Labute approximate surface area is 164 Å². The molecule has 148 valence electrons. The van der Waals surface area contributed by atoms with Crippen LogP contribution in [0.3, 0.4) is 0 Å². The Morgan fingerprint density at radius 3 is 2.82 bits per heavy atom. The molecule has 1 atom stereocenters. The summed E-state index contributed by atoms with van der Waals surface area (Å²) in [6, 6.07) is 8.87. The van der Waals surface area contributed by atoms with Crippen LogP contribution in [-0.4, -0.2) is 48.6 Å². The fourth-order valence-electron chi connectivity index (χ4n) is 3.31. The number of piperidine rings is 1. The summed E-state index contributed by atoms with van der Waals surface area (Å²) < 4.78 is 0. The van der Waals surface area contributed by atoms with Crippen molar-refractivity contribution in [1.29, 1.82) is 0 Å². The predicted molar refractivity (Wildman–Crippen MR) is 108 cm³/mol. The van der Waals surface area contributed by atoms with Gasteiger partial charge in [-0.2, -0.15) is 0 Å². The molecule has 0 radical (unpaired) electrons. The van der Waals surface area contributed by atoms with E-state index < -0.39 is 0 Å². The maximum atomic E-state index is 12.3. The molecule has 0 aliphatic carbocycles. The first kappa shape index (κ1) is 19.6. The highest BCUT2D eigenvalue weighted by molar-refractivity contribution is 5.89. The average molecular weight is 382 g/mol. The van der Waals surface area contributed by atoms with Gasteiger partial charge in [-0.25, -0.2) is 14.8 Å². The molecule has 1 aromatic carbocycles. The zero-order chi connectivity index (χ0) is 19.8. The normalized spacial score (nSPS) is 16.3. The Hall–Kier alpha value is -3.16. The quantitative estimate of drug-likeness (QED) is 0.708. The predicted octanol–water partition coefficient (Wildman–Crippen LogP) is 1.80. The van der Waals surface area contributed by atoms with Crippen molar-refractivity contribution in [3.63, 3.8) is 0 Å². The van der Waals surface area contributed by atoms with Crippen LogP contribution in [0.1, 0.15) is 18.4 Å². The third-order valence-corrected chi connectivity index (χ3v) is 4.73. The molecule has 0 saturated carbocycles. The molecule has 1 saturated heterocycles. The van der Waals surface area contributed by atoms with Crippen LogP contribution in [-0.2, 0) is 11.2 Å². The monoisotopic (exact) mass is 382 g/mol. The second-order valence-electron chi connectivity index (χ2n) is 6.89. The zero-order valence-corrected chi connectivity index (χ0v) is 16.0. The number of amides is 3. The lowest BCUT2D eigenvalue weighted by atomic mass is 9.98. The van der Waals surface area contributed by atoms with E-state index in [9.17, 15) is 9.59 Å². The molecule has 1 aliphatic heterocycles. The molecule has 2 aromatic rings. The lowest BCUT2D eigenvalue weighted by Crippen LogP contribution is -2.42. The summed E-state index contributed by atoms with van der Waals surface area (Å²) in [7, 11) is 1.61. The van der Waals surface area contributed by atoms with Crippen LogP contribution in [0, 0.1) is 5.92 Å². The number of rotatable bonds is 6. The number of hydrogen-bond acceptors (Lipinski definition) is 5. The standard InChI is InChI=1S/C20H26N6O2/c1-21-18(27)12-15-5-2-7-17(11-15)25-20(28)24-13-16-6-3-10-26(14-16)19-22-8-4-9-23-19/h2,4-5,7-9,11,16H,3,6,10,12-14H2,1H3,(H,21,27)(H2,24,25,28). The van der Waals surface area contributed by atoms with Gasteiger partial charge in [0, 0.05) is 44.8 Å². The van der Waals surface area contributed by atoms with E-state index in [1.54, 1.807) is 25.5 Å². The maximum absolute atomic E-state index is 12.3. The number of benzene rings is 1. The van der Waals surface area contributed by atoms with Gasteiger partial charge in [0.05, 0.1) is 6.42 Å². The summed E-state index contributed by atoms with van der Waals surface area (Å²) in [6.07, 6.45) is 5.89. The largest absolute Gasteiger partial charge is 0.359 e. The topological polar surface area (TPSA) is 99.2 Å². The van der Waals surface area contributed by atoms with Crippen LogP contribution < -0.4 is 20.9 Å². The highest BCUT2D eigenvalue weighted by atomic mass is 16.2. The van der Waals surface area contributed by atoms with Crippen LogP contribution in [0.15, 0.2) is 42.7 Å². The minimum atomic E-state index is -0.245. The second kappa shape index (κ2) is 9.68. The number of urea groups is 1. The molecule has 3 N–H and O–H groups in total. The fourth-order valence-corrected chi connectivity index (χ4v) is 3.31. The van der Waals surface area contributed by atoms with Gasteiger partial charge in [-0.15, -0.1) is 0 Å². The van der Waals surface area contributed by atoms with Gasteiger partial charge in [0.1, 0.15) is 0 Å². The summed E-state index contributed by atoms with van der Waals surface area (Å²) in [5.74, 6) is 1.03. The molecule has 1 aromatic heterocycles. The van der Waals surface area contributed by atoms with Crippen LogP contribution >= 0.6 is 0 Å². The van der Waals surface area contributed by atoms with E-state index in [1.807, 2.05) is 24.3 Å². The van der Waals surface area contributed by atoms with Crippen molar-refractivity contribution in [2.75, 3.05) is 36.9 Å². The molecule has 3 rings (SSSR count). The fraction of sp³-hybridized carbons (Fsp3) is 0.400. The molecular weight excluding hydrogens is 356 g/mol. The molecule has 8 heteroatoms. The van der Waals surface area contributed by atoms with Crippen molar-refractivity contribution < 1.29 is 9.59 Å². The Bertz CT molecular complexity index is 798. The van der Waals surface area contributed by atoms with Gasteiger partial charge in [-0.3, -0.25) is 4.79 Å². The van der Waals surface area contributed by atoms with Gasteiger partial charge in [0.25, 0.3) is 0 Å². The van der Waals surface area contributed by atoms with Crippen molar-refractivity contribution in [1.82, 2.24) is 20.6 Å². The number of aromatic nitrogens is 2. The molecule has 1 fully saturated rings. The van der Waals surface area contributed by atoms with Crippen molar-refractivity contribution in [3.05, 3.63) is 48.3 Å². The molecule has 2 heterocycles.